The summed E-state index contributed by atoms with van der Waals surface area (Å²) in [6.07, 6.45) is 8.09. The number of methoxy groups -OCH3 is 1. The highest BCUT2D eigenvalue weighted by Gasteiger charge is 2.82. The van der Waals surface area contributed by atoms with Crippen molar-refractivity contribution < 1.29 is 23.5 Å². The second kappa shape index (κ2) is 5.44. The smallest absolute Gasteiger partial charge is 0.316 e. The minimum atomic E-state index is -1.81. The van der Waals surface area contributed by atoms with E-state index in [0.717, 1.165) is 31.3 Å². The van der Waals surface area contributed by atoms with E-state index < -0.39 is 19.3 Å². The molecule has 1 spiro atoms. The van der Waals surface area contributed by atoms with E-state index >= 15 is 0 Å². The number of carbonyl (C=O) groups excluding carboxylic acids is 2. The molecule has 29 heavy (non-hydrogen) atoms. The highest BCUT2D eigenvalue weighted by atomic mass is 28.4. The minimum absolute atomic E-state index is 0.137. The number of fused-ring (bicyclic) bond motifs is 1. The molecule has 0 aromatic carbocycles. The SMILES string of the molecule is C=C1C[C@]23C[C@@]1(O[Si](C)(C)C)CC[C@H]2[C@@]12CC=CC(C)(C(=O)O1)[C@H]2[C@@H]3C(=O)OC. The van der Waals surface area contributed by atoms with Gasteiger partial charge in [0.2, 0.25) is 0 Å². The molecule has 0 radical (unpaired) electrons. The van der Waals surface area contributed by atoms with Crippen LogP contribution in [-0.4, -0.2) is 38.6 Å². The van der Waals surface area contributed by atoms with E-state index in [1.54, 1.807) is 0 Å². The summed E-state index contributed by atoms with van der Waals surface area (Å²) in [5.74, 6) is -0.814. The molecule has 0 aromatic rings. The van der Waals surface area contributed by atoms with Crippen molar-refractivity contribution in [2.24, 2.45) is 28.6 Å². The van der Waals surface area contributed by atoms with Crippen LogP contribution in [0.2, 0.25) is 19.6 Å². The average molecular weight is 417 g/mol. The molecule has 4 fully saturated rings. The molecule has 0 amide bonds. The van der Waals surface area contributed by atoms with Crippen molar-refractivity contribution in [3.05, 3.63) is 24.3 Å². The van der Waals surface area contributed by atoms with Gasteiger partial charge in [-0.15, -0.1) is 0 Å². The minimum Gasteiger partial charge on any atom is -0.469 e. The summed E-state index contributed by atoms with van der Waals surface area (Å²) < 4.78 is 18.4. The molecule has 4 aliphatic carbocycles. The first kappa shape index (κ1) is 19.6. The van der Waals surface area contributed by atoms with Gasteiger partial charge in [-0.25, -0.2) is 0 Å². The van der Waals surface area contributed by atoms with E-state index in [1.807, 2.05) is 13.0 Å². The van der Waals surface area contributed by atoms with Gasteiger partial charge in [0.1, 0.15) is 5.60 Å². The Morgan fingerprint density at radius 3 is 2.72 bits per heavy atom. The third-order valence-corrected chi connectivity index (χ3v) is 9.63. The zero-order chi connectivity index (χ0) is 21.0. The Labute approximate surface area is 174 Å². The Hall–Kier alpha value is -1.40. The van der Waals surface area contributed by atoms with Crippen LogP contribution in [0.15, 0.2) is 24.3 Å². The van der Waals surface area contributed by atoms with Gasteiger partial charge in [-0.3, -0.25) is 9.59 Å². The molecule has 0 N–H and O–H groups in total. The van der Waals surface area contributed by atoms with Crippen molar-refractivity contribution >= 4 is 20.3 Å². The summed E-state index contributed by atoms with van der Waals surface area (Å²) >= 11 is 0. The first-order valence-electron chi connectivity index (χ1n) is 10.8. The Morgan fingerprint density at radius 2 is 2.07 bits per heavy atom. The number of hydrogen-bond acceptors (Lipinski definition) is 5. The maximum Gasteiger partial charge on any atom is 0.316 e. The molecule has 5 aliphatic rings. The average Bonchev–Trinajstić information content (AvgIpc) is 3.02. The monoisotopic (exact) mass is 416 g/mol. The van der Waals surface area contributed by atoms with Gasteiger partial charge < -0.3 is 13.9 Å². The highest BCUT2D eigenvalue weighted by Crippen LogP contribution is 2.78. The van der Waals surface area contributed by atoms with Crippen molar-refractivity contribution in [2.75, 3.05) is 7.11 Å². The largest absolute Gasteiger partial charge is 0.469 e. The van der Waals surface area contributed by atoms with Gasteiger partial charge in [0.05, 0.1) is 24.0 Å². The summed E-state index contributed by atoms with van der Waals surface area (Å²) in [6.45, 7) is 13.0. The summed E-state index contributed by atoms with van der Waals surface area (Å²) in [5.41, 5.74) is -0.910. The lowest BCUT2D eigenvalue weighted by molar-refractivity contribution is -0.162. The van der Waals surface area contributed by atoms with Crippen molar-refractivity contribution in [3.63, 3.8) is 0 Å². The van der Waals surface area contributed by atoms with E-state index in [9.17, 15) is 9.59 Å². The summed E-state index contributed by atoms with van der Waals surface area (Å²) in [4.78, 5) is 26.3. The zero-order valence-electron chi connectivity index (χ0n) is 18.2. The molecule has 1 saturated heterocycles. The maximum atomic E-state index is 13.3. The summed E-state index contributed by atoms with van der Waals surface area (Å²) in [5, 5.41) is 0. The van der Waals surface area contributed by atoms with Crippen LogP contribution >= 0.6 is 0 Å². The molecule has 7 atom stereocenters. The van der Waals surface area contributed by atoms with Crippen LogP contribution in [0.25, 0.3) is 0 Å². The summed E-state index contributed by atoms with van der Waals surface area (Å²) in [7, 11) is -0.354. The van der Waals surface area contributed by atoms with Crippen molar-refractivity contribution in [1.82, 2.24) is 0 Å². The third-order valence-electron chi connectivity index (χ3n) is 8.63. The normalized spacial score (nSPS) is 49.6. The molecule has 1 unspecified atom stereocenters. The fourth-order valence-corrected chi connectivity index (χ4v) is 9.55. The van der Waals surface area contributed by atoms with Crippen LogP contribution in [0.3, 0.4) is 0 Å². The van der Waals surface area contributed by atoms with Gasteiger partial charge >= 0.3 is 11.9 Å². The van der Waals surface area contributed by atoms with Gasteiger partial charge in [-0.2, -0.15) is 0 Å². The molecule has 5 nitrogen and oxygen atoms in total. The lowest BCUT2D eigenvalue weighted by Crippen LogP contribution is -2.50. The molecule has 1 aliphatic heterocycles. The fraction of sp³-hybridized carbons (Fsp3) is 0.739. The topological polar surface area (TPSA) is 61.8 Å². The van der Waals surface area contributed by atoms with Crippen LogP contribution in [0.5, 0.6) is 0 Å². The quantitative estimate of drug-likeness (QED) is 0.395. The van der Waals surface area contributed by atoms with Crippen LogP contribution < -0.4 is 0 Å². The Balaban J connectivity index is 1.68. The second-order valence-electron chi connectivity index (χ2n) is 11.2. The van der Waals surface area contributed by atoms with Crippen LogP contribution in [0, 0.1) is 28.6 Å². The van der Waals surface area contributed by atoms with Crippen molar-refractivity contribution in [3.8, 4) is 0 Å². The molecule has 3 saturated carbocycles. The molecule has 0 aromatic heterocycles. The predicted molar refractivity (Wildman–Crippen MR) is 110 cm³/mol. The molecule has 158 valence electrons. The lowest BCUT2D eigenvalue weighted by Gasteiger charge is -2.48. The van der Waals surface area contributed by atoms with Crippen LogP contribution in [-0.2, 0) is 23.5 Å². The number of ether oxygens (including phenoxy) is 2. The van der Waals surface area contributed by atoms with Gasteiger partial charge in [0, 0.05) is 18.3 Å². The molecule has 6 heteroatoms. The second-order valence-corrected chi connectivity index (χ2v) is 15.6. The van der Waals surface area contributed by atoms with Crippen molar-refractivity contribution in [1.29, 1.82) is 0 Å². The number of carbonyl (C=O) groups is 2. The van der Waals surface area contributed by atoms with Crippen molar-refractivity contribution in [2.45, 2.75) is 69.9 Å². The standard InChI is InChI=1S/C23H32O5Si/c1-14-12-21-13-22(14,28-29(4,5)6)11-8-15(21)23-10-7-9-20(2,19(25)27-23)17(23)16(21)18(24)26-3/h7,9,15-17H,1,8,10-13H2,2-6H3/t15-,16-,17-,20?,21+,22+,23-/m1/s1. The first-order valence-corrected chi connectivity index (χ1v) is 14.2. The zero-order valence-corrected chi connectivity index (χ0v) is 19.2. The van der Waals surface area contributed by atoms with E-state index in [4.69, 9.17) is 13.9 Å². The van der Waals surface area contributed by atoms with Gasteiger partial charge in [-0.1, -0.05) is 18.7 Å². The van der Waals surface area contributed by atoms with E-state index in [2.05, 4.69) is 32.3 Å². The highest BCUT2D eigenvalue weighted by molar-refractivity contribution is 6.69. The third kappa shape index (κ3) is 2.15. The molecule has 5 rings (SSSR count). The number of esters is 2. The van der Waals surface area contributed by atoms with Gasteiger partial charge in [0.25, 0.3) is 0 Å². The van der Waals surface area contributed by atoms with Crippen LogP contribution in [0.1, 0.15) is 39.0 Å². The Kier molecular flexibility index (Phi) is 3.67. The lowest BCUT2D eigenvalue weighted by atomic mass is 9.62. The van der Waals surface area contributed by atoms with Crippen LogP contribution in [0.4, 0.5) is 0 Å². The van der Waals surface area contributed by atoms with Gasteiger partial charge in [0.15, 0.2) is 8.32 Å². The van der Waals surface area contributed by atoms with E-state index in [-0.39, 0.29) is 40.7 Å². The first-order chi connectivity index (χ1) is 13.4. The fourth-order valence-electron chi connectivity index (χ4n) is 8.06. The maximum absolute atomic E-state index is 13.3. The Bertz CT molecular complexity index is 858. The van der Waals surface area contributed by atoms with E-state index in [1.165, 1.54) is 7.11 Å². The van der Waals surface area contributed by atoms with E-state index in [0.29, 0.717) is 6.42 Å². The molecular formula is C23H32O5Si. The molecule has 4 bridgehead atoms. The number of rotatable bonds is 3. The summed E-state index contributed by atoms with van der Waals surface area (Å²) in [6, 6.07) is 0. The molecular weight excluding hydrogens is 384 g/mol. The predicted octanol–water partition coefficient (Wildman–Crippen LogP) is 4.00. The molecule has 1 heterocycles. The number of hydrogen-bond donors (Lipinski definition) is 0. The van der Waals surface area contributed by atoms with Gasteiger partial charge in [-0.05, 0) is 63.2 Å². The Morgan fingerprint density at radius 1 is 1.34 bits per heavy atom.